The van der Waals surface area contributed by atoms with E-state index in [1.54, 1.807) is 7.11 Å². The molecule has 0 aromatic heterocycles. The molecule has 0 atom stereocenters. The topological polar surface area (TPSA) is 21.3 Å². The Balaban J connectivity index is 2.36. The van der Waals surface area contributed by atoms with E-state index >= 15 is 0 Å². The molecular formula is C5H8NO. The number of methoxy groups -OCH3 is 1. The van der Waals surface area contributed by atoms with Gasteiger partial charge in [-0.3, -0.25) is 0 Å². The Hall–Kier alpha value is -0.500. The van der Waals surface area contributed by atoms with Gasteiger partial charge in [-0.05, 0) is 0 Å². The van der Waals surface area contributed by atoms with Crippen LogP contribution in [0.3, 0.4) is 0 Å². The van der Waals surface area contributed by atoms with Crippen LogP contribution in [0.2, 0.25) is 0 Å². The maximum absolute atomic E-state index is 4.85. The van der Waals surface area contributed by atoms with Gasteiger partial charge in [-0.25, -0.2) is 0 Å². The first-order chi connectivity index (χ1) is 3.43. The molecule has 7 heavy (non-hydrogen) atoms. The fraction of sp³-hybridized carbons (Fsp3) is 0.600. The number of hydrogen-bond donors (Lipinski definition) is 1. The van der Waals surface area contributed by atoms with E-state index in [1.807, 2.05) is 0 Å². The Morgan fingerprint density at radius 2 is 2.71 bits per heavy atom. The Morgan fingerprint density at radius 3 is 3.00 bits per heavy atom. The van der Waals surface area contributed by atoms with E-state index < -0.39 is 0 Å². The molecule has 0 aromatic rings. The highest BCUT2D eigenvalue weighted by molar-refractivity contribution is 4.96. The Labute approximate surface area is 43.2 Å². The summed E-state index contributed by atoms with van der Waals surface area (Å²) in [5.41, 5.74) is 0. The SMILES string of the molecule is COC1=[C]CNC1. The van der Waals surface area contributed by atoms with Gasteiger partial charge in [0.15, 0.2) is 0 Å². The van der Waals surface area contributed by atoms with Crippen molar-refractivity contribution < 1.29 is 4.74 Å². The molecule has 0 unspecified atom stereocenters. The van der Waals surface area contributed by atoms with E-state index in [1.165, 1.54) is 0 Å². The molecule has 0 bridgehead atoms. The number of hydrogen-bond acceptors (Lipinski definition) is 2. The molecule has 2 heteroatoms. The van der Waals surface area contributed by atoms with Crippen molar-refractivity contribution in [1.82, 2.24) is 5.32 Å². The van der Waals surface area contributed by atoms with E-state index in [0.29, 0.717) is 0 Å². The number of rotatable bonds is 1. The first-order valence-electron chi connectivity index (χ1n) is 2.28. The largest absolute Gasteiger partial charge is 0.499 e. The minimum atomic E-state index is 0.836. The number of nitrogens with one attached hydrogen (secondary N) is 1. The van der Waals surface area contributed by atoms with Gasteiger partial charge in [-0.15, -0.1) is 0 Å². The zero-order valence-electron chi connectivity index (χ0n) is 4.32. The van der Waals surface area contributed by atoms with Gasteiger partial charge in [0.2, 0.25) is 0 Å². The van der Waals surface area contributed by atoms with E-state index in [-0.39, 0.29) is 0 Å². The van der Waals surface area contributed by atoms with Crippen molar-refractivity contribution in [2.75, 3.05) is 20.2 Å². The van der Waals surface area contributed by atoms with Gasteiger partial charge in [-0.1, -0.05) is 0 Å². The molecule has 0 spiro atoms. The predicted octanol–water partition coefficient (Wildman–Crippen LogP) is -0.0769. The van der Waals surface area contributed by atoms with Crippen LogP contribution in [0, 0.1) is 6.08 Å². The van der Waals surface area contributed by atoms with Gasteiger partial charge >= 0.3 is 0 Å². The van der Waals surface area contributed by atoms with Crippen molar-refractivity contribution >= 4 is 0 Å². The van der Waals surface area contributed by atoms with E-state index in [9.17, 15) is 0 Å². The lowest BCUT2D eigenvalue weighted by atomic mass is 10.5. The van der Waals surface area contributed by atoms with Crippen LogP contribution < -0.4 is 5.32 Å². The lowest BCUT2D eigenvalue weighted by molar-refractivity contribution is 0.287. The molecule has 1 rings (SSSR count). The van der Waals surface area contributed by atoms with Gasteiger partial charge in [-0.2, -0.15) is 0 Å². The maximum Gasteiger partial charge on any atom is 0.114 e. The lowest BCUT2D eigenvalue weighted by Crippen LogP contribution is -2.08. The first kappa shape index (κ1) is 4.65. The van der Waals surface area contributed by atoms with Crippen LogP contribution in [0.15, 0.2) is 5.76 Å². The smallest absolute Gasteiger partial charge is 0.114 e. The summed E-state index contributed by atoms with van der Waals surface area (Å²) in [5, 5.41) is 3.05. The maximum atomic E-state index is 4.85. The minimum absolute atomic E-state index is 0.836. The summed E-state index contributed by atoms with van der Waals surface area (Å²) in [6.45, 7) is 1.68. The molecule has 1 heterocycles. The van der Waals surface area contributed by atoms with Crippen LogP contribution >= 0.6 is 0 Å². The van der Waals surface area contributed by atoms with Crippen molar-refractivity contribution in [1.29, 1.82) is 0 Å². The van der Waals surface area contributed by atoms with Crippen LogP contribution in [0.4, 0.5) is 0 Å². The van der Waals surface area contributed by atoms with Crippen LogP contribution in [0.25, 0.3) is 0 Å². The zero-order valence-corrected chi connectivity index (χ0v) is 4.32. The van der Waals surface area contributed by atoms with Gasteiger partial charge in [0.05, 0.1) is 13.7 Å². The second-order valence-corrected chi connectivity index (χ2v) is 1.41. The lowest BCUT2D eigenvalue weighted by Gasteiger charge is -1.94. The molecule has 0 amide bonds. The van der Waals surface area contributed by atoms with Crippen molar-refractivity contribution in [2.45, 2.75) is 0 Å². The average molecular weight is 98.1 g/mol. The highest BCUT2D eigenvalue weighted by Crippen LogP contribution is 1.95. The fourth-order valence-corrected chi connectivity index (χ4v) is 0.544. The molecular weight excluding hydrogens is 90.1 g/mol. The summed E-state index contributed by atoms with van der Waals surface area (Å²) in [6, 6.07) is 0. The Kier molecular flexibility index (Phi) is 1.32. The summed E-state index contributed by atoms with van der Waals surface area (Å²) in [7, 11) is 1.66. The summed E-state index contributed by atoms with van der Waals surface area (Å²) < 4.78 is 4.85. The van der Waals surface area contributed by atoms with Crippen molar-refractivity contribution in [3.8, 4) is 0 Å². The van der Waals surface area contributed by atoms with Crippen LogP contribution in [0.5, 0.6) is 0 Å². The molecule has 0 saturated heterocycles. The van der Waals surface area contributed by atoms with E-state index in [4.69, 9.17) is 4.74 Å². The molecule has 0 fully saturated rings. The third-order valence-corrected chi connectivity index (χ3v) is 0.943. The highest BCUT2D eigenvalue weighted by atomic mass is 16.5. The monoisotopic (exact) mass is 98.1 g/mol. The van der Waals surface area contributed by atoms with Gasteiger partial charge in [0.25, 0.3) is 0 Å². The second kappa shape index (κ2) is 1.98. The molecule has 2 nitrogen and oxygen atoms in total. The quantitative estimate of drug-likeness (QED) is 0.495. The molecule has 1 radical (unpaired) electrons. The normalized spacial score (nSPS) is 19.3. The van der Waals surface area contributed by atoms with Crippen LogP contribution in [0.1, 0.15) is 0 Å². The molecule has 39 valence electrons. The first-order valence-corrected chi connectivity index (χ1v) is 2.28. The highest BCUT2D eigenvalue weighted by Gasteiger charge is 2.00. The standard InChI is InChI=1S/C5H8NO/c1-7-5-2-3-6-4-5/h6H,3-4H2,1H3. The molecule has 0 aromatic carbocycles. The average Bonchev–Trinajstić information content (AvgIpc) is 2.14. The van der Waals surface area contributed by atoms with E-state index in [2.05, 4.69) is 11.4 Å². The minimum Gasteiger partial charge on any atom is -0.499 e. The summed E-state index contributed by atoms with van der Waals surface area (Å²) in [5.74, 6) is 0.931. The van der Waals surface area contributed by atoms with Crippen LogP contribution in [-0.4, -0.2) is 20.2 Å². The summed E-state index contributed by atoms with van der Waals surface area (Å²) in [6.07, 6.45) is 2.99. The Bertz CT molecular complexity index is 88.1. The summed E-state index contributed by atoms with van der Waals surface area (Å²) >= 11 is 0. The van der Waals surface area contributed by atoms with Crippen LogP contribution in [-0.2, 0) is 4.74 Å². The van der Waals surface area contributed by atoms with Crippen molar-refractivity contribution in [3.05, 3.63) is 11.8 Å². The van der Waals surface area contributed by atoms with Crippen molar-refractivity contribution in [3.63, 3.8) is 0 Å². The van der Waals surface area contributed by atoms with E-state index in [0.717, 1.165) is 18.8 Å². The third kappa shape index (κ3) is 0.933. The third-order valence-electron chi connectivity index (χ3n) is 0.943. The molecule has 0 aliphatic carbocycles. The van der Waals surface area contributed by atoms with Crippen molar-refractivity contribution in [2.24, 2.45) is 0 Å². The number of ether oxygens (including phenoxy) is 1. The van der Waals surface area contributed by atoms with Gasteiger partial charge < -0.3 is 10.1 Å². The van der Waals surface area contributed by atoms with Gasteiger partial charge in [0.1, 0.15) is 5.76 Å². The predicted molar refractivity (Wildman–Crippen MR) is 26.6 cm³/mol. The summed E-state index contributed by atoms with van der Waals surface area (Å²) in [4.78, 5) is 0. The molecule has 1 N–H and O–H groups in total. The second-order valence-electron chi connectivity index (χ2n) is 1.41. The molecule has 1 aliphatic rings. The molecule has 1 aliphatic heterocycles. The van der Waals surface area contributed by atoms with Gasteiger partial charge in [0, 0.05) is 12.6 Å². The molecule has 0 saturated carbocycles. The zero-order chi connectivity index (χ0) is 5.11. The Morgan fingerprint density at radius 1 is 1.86 bits per heavy atom. The fourth-order valence-electron chi connectivity index (χ4n) is 0.544.